The van der Waals surface area contributed by atoms with Crippen LogP contribution in [-0.2, 0) is 9.84 Å². The van der Waals surface area contributed by atoms with Gasteiger partial charge in [-0.25, -0.2) is 8.42 Å². The Bertz CT molecular complexity index is 237. The largest absolute Gasteiger partial charge is 0.229 e. The summed E-state index contributed by atoms with van der Waals surface area (Å²) in [5.74, 6) is 1.23. The molecule has 0 aromatic carbocycles. The van der Waals surface area contributed by atoms with Crippen molar-refractivity contribution in [3.63, 3.8) is 0 Å². The summed E-state index contributed by atoms with van der Waals surface area (Å²) >= 11 is 6.02. The first kappa shape index (κ1) is 14.2. The van der Waals surface area contributed by atoms with Crippen LogP contribution in [-0.4, -0.2) is 25.3 Å². The van der Waals surface area contributed by atoms with E-state index in [9.17, 15) is 8.42 Å². The average Bonchev–Trinajstić information content (AvgIpc) is 2.03. The first-order valence-electron chi connectivity index (χ1n) is 5.14. The third-order valence-electron chi connectivity index (χ3n) is 2.65. The summed E-state index contributed by atoms with van der Waals surface area (Å²) in [6.45, 7) is 7.79. The Kier molecular flexibility index (Phi) is 6.06. The van der Waals surface area contributed by atoms with Crippen molar-refractivity contribution in [1.82, 2.24) is 0 Å². The molecule has 14 heavy (non-hydrogen) atoms. The molecule has 0 amide bonds. The molecule has 4 heteroatoms. The van der Waals surface area contributed by atoms with E-state index in [1.54, 1.807) is 6.92 Å². The van der Waals surface area contributed by atoms with Crippen molar-refractivity contribution < 1.29 is 8.42 Å². The van der Waals surface area contributed by atoms with Gasteiger partial charge in [-0.05, 0) is 25.2 Å². The van der Waals surface area contributed by atoms with E-state index in [0.717, 1.165) is 0 Å². The minimum absolute atomic E-state index is 0.0436. The van der Waals surface area contributed by atoms with E-state index in [0.29, 0.717) is 12.3 Å². The molecule has 0 spiro atoms. The van der Waals surface area contributed by atoms with Crippen molar-refractivity contribution in [2.24, 2.45) is 11.8 Å². The highest BCUT2D eigenvalue weighted by molar-refractivity contribution is 7.91. The summed E-state index contributed by atoms with van der Waals surface area (Å²) in [4.78, 5) is 0. The molecule has 0 fully saturated rings. The van der Waals surface area contributed by atoms with Crippen LogP contribution < -0.4 is 0 Å². The molecule has 0 aliphatic rings. The maximum Gasteiger partial charge on any atom is 0.150 e. The van der Waals surface area contributed by atoms with Gasteiger partial charge >= 0.3 is 0 Å². The van der Waals surface area contributed by atoms with Crippen LogP contribution in [0.3, 0.4) is 0 Å². The minimum atomic E-state index is -2.84. The average molecular weight is 241 g/mol. The van der Waals surface area contributed by atoms with Gasteiger partial charge in [-0.2, -0.15) is 0 Å². The van der Waals surface area contributed by atoms with Crippen LogP contribution in [0.4, 0.5) is 0 Å². The molecule has 2 unspecified atom stereocenters. The first-order valence-corrected chi connectivity index (χ1v) is 7.40. The van der Waals surface area contributed by atoms with Crippen LogP contribution in [0.25, 0.3) is 0 Å². The second-order valence-corrected chi connectivity index (χ2v) is 7.27. The summed E-state index contributed by atoms with van der Waals surface area (Å²) in [6.07, 6.45) is 0.679. The van der Waals surface area contributed by atoms with Gasteiger partial charge in [0.2, 0.25) is 0 Å². The Morgan fingerprint density at radius 2 is 1.71 bits per heavy atom. The molecule has 0 rings (SSSR count). The summed E-state index contributed by atoms with van der Waals surface area (Å²) < 4.78 is 22.6. The smallest absolute Gasteiger partial charge is 0.150 e. The van der Waals surface area contributed by atoms with Gasteiger partial charge in [0.05, 0.1) is 5.75 Å². The van der Waals surface area contributed by atoms with Crippen molar-refractivity contribution in [2.45, 2.75) is 39.5 Å². The molecule has 86 valence electrons. The lowest BCUT2D eigenvalue weighted by molar-refractivity contribution is 0.368. The number of sulfone groups is 1. The first-order chi connectivity index (χ1) is 6.30. The van der Waals surface area contributed by atoms with Gasteiger partial charge in [-0.1, -0.05) is 20.8 Å². The highest BCUT2D eigenvalue weighted by Crippen LogP contribution is 2.23. The molecule has 2 nitrogen and oxygen atoms in total. The lowest BCUT2D eigenvalue weighted by Crippen LogP contribution is -2.22. The Morgan fingerprint density at radius 3 is 2.00 bits per heavy atom. The Morgan fingerprint density at radius 1 is 1.21 bits per heavy atom. The summed E-state index contributed by atoms with van der Waals surface area (Å²) in [5, 5.41) is 0.0436. The van der Waals surface area contributed by atoms with E-state index in [1.807, 2.05) is 6.92 Å². The van der Waals surface area contributed by atoms with E-state index < -0.39 is 9.84 Å². The summed E-state index contributed by atoms with van der Waals surface area (Å²) in [6, 6.07) is 0. The number of alkyl halides is 1. The van der Waals surface area contributed by atoms with Crippen molar-refractivity contribution in [2.75, 3.05) is 11.5 Å². The topological polar surface area (TPSA) is 34.1 Å². The normalized spacial score (nSPS) is 17.0. The van der Waals surface area contributed by atoms with Crippen LogP contribution in [0.15, 0.2) is 0 Å². The van der Waals surface area contributed by atoms with Gasteiger partial charge in [0.15, 0.2) is 0 Å². The predicted molar refractivity (Wildman–Crippen MR) is 62.6 cm³/mol. The SMILES string of the molecule is CCS(=O)(=O)CCC(C(C)C)C(C)Cl. The second-order valence-electron chi connectivity index (χ2n) is 4.11. The summed E-state index contributed by atoms with van der Waals surface area (Å²) in [5.41, 5.74) is 0. The molecule has 0 bridgehead atoms. The lowest BCUT2D eigenvalue weighted by Gasteiger charge is -2.22. The highest BCUT2D eigenvalue weighted by Gasteiger charge is 2.21. The zero-order valence-corrected chi connectivity index (χ0v) is 11.0. The van der Waals surface area contributed by atoms with E-state index in [2.05, 4.69) is 13.8 Å². The quantitative estimate of drug-likeness (QED) is 0.669. The number of hydrogen-bond acceptors (Lipinski definition) is 2. The highest BCUT2D eigenvalue weighted by atomic mass is 35.5. The van der Waals surface area contributed by atoms with Gasteiger partial charge in [-0.3, -0.25) is 0 Å². The minimum Gasteiger partial charge on any atom is -0.229 e. The fourth-order valence-corrected chi connectivity index (χ4v) is 2.89. The van der Waals surface area contributed by atoms with Crippen LogP contribution in [0.5, 0.6) is 0 Å². The molecule has 0 aromatic rings. The van der Waals surface area contributed by atoms with Crippen molar-refractivity contribution in [3.8, 4) is 0 Å². The number of halogens is 1. The van der Waals surface area contributed by atoms with Gasteiger partial charge in [0.25, 0.3) is 0 Å². The fraction of sp³-hybridized carbons (Fsp3) is 1.00. The molecule has 0 saturated heterocycles. The second kappa shape index (κ2) is 5.96. The van der Waals surface area contributed by atoms with Crippen molar-refractivity contribution in [1.29, 1.82) is 0 Å². The Labute approximate surface area is 93.0 Å². The van der Waals surface area contributed by atoms with Crippen LogP contribution in [0.2, 0.25) is 0 Å². The monoisotopic (exact) mass is 240 g/mol. The molecule has 0 radical (unpaired) electrons. The van der Waals surface area contributed by atoms with E-state index in [-0.39, 0.29) is 22.8 Å². The zero-order valence-electron chi connectivity index (χ0n) is 9.46. The zero-order chi connectivity index (χ0) is 11.4. The number of hydrogen-bond donors (Lipinski definition) is 0. The third kappa shape index (κ3) is 5.20. The molecule has 2 atom stereocenters. The van der Waals surface area contributed by atoms with Crippen molar-refractivity contribution >= 4 is 21.4 Å². The Balaban J connectivity index is 4.21. The molecule has 0 aliphatic carbocycles. The van der Waals surface area contributed by atoms with Gasteiger partial charge < -0.3 is 0 Å². The molecule has 0 aliphatic heterocycles. The predicted octanol–water partition coefficient (Wildman–Crippen LogP) is 2.71. The maximum absolute atomic E-state index is 11.3. The van der Waals surface area contributed by atoms with Crippen LogP contribution in [0, 0.1) is 11.8 Å². The van der Waals surface area contributed by atoms with Crippen LogP contribution in [0.1, 0.15) is 34.1 Å². The molecule has 0 N–H and O–H groups in total. The molecule has 0 aromatic heterocycles. The standard InChI is InChI=1S/C10H21ClO2S/c1-5-14(12,13)7-6-10(8(2)3)9(4)11/h8-10H,5-7H2,1-4H3. The van der Waals surface area contributed by atoms with Gasteiger partial charge in [0.1, 0.15) is 9.84 Å². The maximum atomic E-state index is 11.3. The summed E-state index contributed by atoms with van der Waals surface area (Å²) in [7, 11) is -2.84. The van der Waals surface area contributed by atoms with Gasteiger partial charge in [0, 0.05) is 11.1 Å². The van der Waals surface area contributed by atoms with E-state index in [4.69, 9.17) is 11.6 Å². The molecular formula is C10H21ClO2S. The van der Waals surface area contributed by atoms with Gasteiger partial charge in [-0.15, -0.1) is 11.6 Å². The van der Waals surface area contributed by atoms with E-state index >= 15 is 0 Å². The fourth-order valence-electron chi connectivity index (χ4n) is 1.55. The van der Waals surface area contributed by atoms with Crippen molar-refractivity contribution in [3.05, 3.63) is 0 Å². The Hall–Kier alpha value is 0.240. The molecule has 0 saturated carbocycles. The lowest BCUT2D eigenvalue weighted by atomic mass is 9.90. The van der Waals surface area contributed by atoms with Crippen LogP contribution >= 0.6 is 11.6 Å². The van der Waals surface area contributed by atoms with E-state index in [1.165, 1.54) is 0 Å². The number of rotatable bonds is 6. The molecular weight excluding hydrogens is 220 g/mol. The molecule has 0 heterocycles. The third-order valence-corrected chi connectivity index (χ3v) is 4.71.